The lowest BCUT2D eigenvalue weighted by Crippen LogP contribution is -2.19. The lowest BCUT2D eigenvalue weighted by molar-refractivity contribution is 0.448. The van der Waals surface area contributed by atoms with Crippen LogP contribution in [0.4, 0.5) is 0 Å². The molecule has 1 unspecified atom stereocenters. The third-order valence-electron chi connectivity index (χ3n) is 2.35. The molecule has 72 valence electrons. The highest BCUT2D eigenvalue weighted by molar-refractivity contribution is 9.10. The van der Waals surface area contributed by atoms with Gasteiger partial charge in [-0.15, -0.1) is 0 Å². The topological polar surface area (TPSA) is 38.9 Å². The molecule has 1 aromatic rings. The molecule has 0 saturated carbocycles. The molecule has 2 nitrogen and oxygen atoms in total. The van der Waals surface area contributed by atoms with Crippen molar-refractivity contribution in [3.05, 3.63) is 28.5 Å². The maximum atomic E-state index is 6.02. The van der Waals surface area contributed by atoms with E-state index in [9.17, 15) is 0 Å². The van der Waals surface area contributed by atoms with Crippen molar-refractivity contribution >= 4 is 15.9 Å². The van der Waals surface area contributed by atoms with Crippen molar-refractivity contribution in [3.8, 4) is 0 Å². The average Bonchev–Trinajstić information content (AvgIpc) is 2.17. The first-order valence-electron chi connectivity index (χ1n) is 4.52. The molecule has 0 amide bonds. The van der Waals surface area contributed by atoms with Crippen LogP contribution in [-0.2, 0) is 0 Å². The number of halogens is 1. The minimum Gasteiger partial charge on any atom is -0.322 e. The molecule has 2 N–H and O–H groups in total. The fraction of sp³-hybridized carbons (Fsp3) is 0.500. The minimum atomic E-state index is 0.0538. The summed E-state index contributed by atoms with van der Waals surface area (Å²) in [6.45, 7) is 4.29. The van der Waals surface area contributed by atoms with Gasteiger partial charge >= 0.3 is 0 Å². The van der Waals surface area contributed by atoms with Gasteiger partial charge in [0.2, 0.25) is 0 Å². The normalized spacial score (nSPS) is 15.4. The molecule has 1 rings (SSSR count). The van der Waals surface area contributed by atoms with E-state index in [1.54, 1.807) is 6.20 Å². The molecular formula is C10H15BrN2. The Bertz CT molecular complexity index is 258. The van der Waals surface area contributed by atoms with Crippen molar-refractivity contribution in [3.63, 3.8) is 0 Å². The van der Waals surface area contributed by atoms with Crippen molar-refractivity contribution in [1.82, 2.24) is 4.98 Å². The van der Waals surface area contributed by atoms with Crippen LogP contribution < -0.4 is 5.73 Å². The number of nitrogens with zero attached hydrogens (tertiary/aromatic N) is 1. The van der Waals surface area contributed by atoms with Gasteiger partial charge in [-0.2, -0.15) is 0 Å². The van der Waals surface area contributed by atoms with Gasteiger partial charge in [-0.05, 0) is 34.0 Å². The van der Waals surface area contributed by atoms with Gasteiger partial charge in [-0.1, -0.05) is 20.3 Å². The number of hydrogen-bond acceptors (Lipinski definition) is 2. The Morgan fingerprint density at radius 2 is 2.23 bits per heavy atom. The molecule has 0 saturated heterocycles. The fourth-order valence-electron chi connectivity index (χ4n) is 1.13. The van der Waals surface area contributed by atoms with Gasteiger partial charge < -0.3 is 5.73 Å². The zero-order valence-electron chi connectivity index (χ0n) is 8.00. The molecule has 1 heterocycles. The van der Waals surface area contributed by atoms with Crippen LogP contribution in [0.3, 0.4) is 0 Å². The molecule has 0 aliphatic heterocycles. The van der Waals surface area contributed by atoms with Crippen molar-refractivity contribution < 1.29 is 0 Å². The Labute approximate surface area is 87.7 Å². The molecule has 0 spiro atoms. The van der Waals surface area contributed by atoms with Crippen LogP contribution in [0.15, 0.2) is 22.8 Å². The third-order valence-corrected chi connectivity index (χ3v) is 2.82. The first-order valence-corrected chi connectivity index (χ1v) is 5.31. The van der Waals surface area contributed by atoms with E-state index in [4.69, 9.17) is 5.73 Å². The smallest absolute Gasteiger partial charge is 0.0574 e. The fourth-order valence-corrected chi connectivity index (χ4v) is 1.36. The standard InChI is InChI=1S/C10H15BrN2/c1-3-7(2)10(12)9-5-4-8(11)6-13-9/h4-7,10H,3,12H2,1-2H3/t7?,10-/m1/s1. The molecule has 0 fully saturated rings. The summed E-state index contributed by atoms with van der Waals surface area (Å²) in [6.07, 6.45) is 2.87. The van der Waals surface area contributed by atoms with Crippen LogP contribution in [0.5, 0.6) is 0 Å². The molecule has 13 heavy (non-hydrogen) atoms. The molecule has 0 aliphatic rings. The zero-order valence-corrected chi connectivity index (χ0v) is 9.58. The van der Waals surface area contributed by atoms with E-state index in [0.29, 0.717) is 5.92 Å². The van der Waals surface area contributed by atoms with Crippen LogP contribution in [0.25, 0.3) is 0 Å². The van der Waals surface area contributed by atoms with E-state index in [0.717, 1.165) is 16.6 Å². The summed E-state index contributed by atoms with van der Waals surface area (Å²) < 4.78 is 0.993. The lowest BCUT2D eigenvalue weighted by atomic mass is 9.97. The summed E-state index contributed by atoms with van der Waals surface area (Å²) in [7, 11) is 0. The maximum absolute atomic E-state index is 6.02. The second-order valence-corrected chi connectivity index (χ2v) is 4.23. The van der Waals surface area contributed by atoms with Gasteiger partial charge in [-0.3, -0.25) is 4.98 Å². The van der Waals surface area contributed by atoms with Crippen molar-refractivity contribution in [1.29, 1.82) is 0 Å². The summed E-state index contributed by atoms with van der Waals surface area (Å²) in [4.78, 5) is 4.28. The van der Waals surface area contributed by atoms with Crippen LogP contribution in [-0.4, -0.2) is 4.98 Å². The number of pyridine rings is 1. The molecule has 0 aliphatic carbocycles. The van der Waals surface area contributed by atoms with E-state index >= 15 is 0 Å². The molecule has 3 heteroatoms. The SMILES string of the molecule is CCC(C)[C@@H](N)c1ccc(Br)cn1. The van der Waals surface area contributed by atoms with Crippen molar-refractivity contribution in [2.75, 3.05) is 0 Å². The summed E-state index contributed by atoms with van der Waals surface area (Å²) in [5.41, 5.74) is 6.99. The summed E-state index contributed by atoms with van der Waals surface area (Å²) >= 11 is 3.35. The second-order valence-electron chi connectivity index (χ2n) is 3.31. The predicted octanol–water partition coefficient (Wildman–Crippen LogP) is 2.89. The van der Waals surface area contributed by atoms with Crippen LogP contribution in [0, 0.1) is 5.92 Å². The van der Waals surface area contributed by atoms with E-state index in [1.807, 2.05) is 12.1 Å². The molecule has 0 bridgehead atoms. The van der Waals surface area contributed by atoms with Gasteiger partial charge in [0, 0.05) is 16.7 Å². The maximum Gasteiger partial charge on any atom is 0.0574 e. The first kappa shape index (κ1) is 10.7. The van der Waals surface area contributed by atoms with Crippen LogP contribution >= 0.6 is 15.9 Å². The lowest BCUT2D eigenvalue weighted by Gasteiger charge is -2.17. The number of rotatable bonds is 3. The Morgan fingerprint density at radius 1 is 1.54 bits per heavy atom. The number of nitrogens with two attached hydrogens (primary N) is 1. The van der Waals surface area contributed by atoms with Crippen LogP contribution in [0.1, 0.15) is 32.0 Å². The highest BCUT2D eigenvalue weighted by Gasteiger charge is 2.13. The Balaban J connectivity index is 2.77. The van der Waals surface area contributed by atoms with Gasteiger partial charge in [0.05, 0.1) is 5.69 Å². The summed E-state index contributed by atoms with van der Waals surface area (Å²) in [5, 5.41) is 0. The quantitative estimate of drug-likeness (QED) is 0.886. The minimum absolute atomic E-state index is 0.0538. The molecular weight excluding hydrogens is 228 g/mol. The van der Waals surface area contributed by atoms with E-state index < -0.39 is 0 Å². The van der Waals surface area contributed by atoms with Crippen molar-refractivity contribution in [2.24, 2.45) is 11.7 Å². The monoisotopic (exact) mass is 242 g/mol. The van der Waals surface area contributed by atoms with Gasteiger partial charge in [0.1, 0.15) is 0 Å². The van der Waals surface area contributed by atoms with E-state index in [2.05, 4.69) is 34.8 Å². The van der Waals surface area contributed by atoms with E-state index in [-0.39, 0.29) is 6.04 Å². The molecule has 0 radical (unpaired) electrons. The zero-order chi connectivity index (χ0) is 9.84. The third kappa shape index (κ3) is 2.78. The van der Waals surface area contributed by atoms with Crippen molar-refractivity contribution in [2.45, 2.75) is 26.3 Å². The highest BCUT2D eigenvalue weighted by Crippen LogP contribution is 2.20. The average molecular weight is 243 g/mol. The van der Waals surface area contributed by atoms with Gasteiger partial charge in [0.25, 0.3) is 0 Å². The largest absolute Gasteiger partial charge is 0.322 e. The second kappa shape index (κ2) is 4.72. The number of hydrogen-bond donors (Lipinski definition) is 1. The van der Waals surface area contributed by atoms with Gasteiger partial charge in [0.15, 0.2) is 0 Å². The van der Waals surface area contributed by atoms with Gasteiger partial charge in [-0.25, -0.2) is 0 Å². The first-order chi connectivity index (χ1) is 6.15. The molecule has 1 aromatic heterocycles. The van der Waals surface area contributed by atoms with E-state index in [1.165, 1.54) is 0 Å². The number of aromatic nitrogens is 1. The highest BCUT2D eigenvalue weighted by atomic mass is 79.9. The summed E-state index contributed by atoms with van der Waals surface area (Å²) in [5.74, 6) is 0.480. The predicted molar refractivity (Wildman–Crippen MR) is 58.3 cm³/mol. The molecule has 2 atom stereocenters. The molecule has 0 aromatic carbocycles. The Morgan fingerprint density at radius 3 is 2.69 bits per heavy atom. The summed E-state index contributed by atoms with van der Waals surface area (Å²) in [6, 6.07) is 4.00. The Hall–Kier alpha value is -0.410. The Kier molecular flexibility index (Phi) is 3.88. The van der Waals surface area contributed by atoms with Crippen LogP contribution in [0.2, 0.25) is 0 Å².